The highest BCUT2D eigenvalue weighted by Gasteiger charge is 2.18. The van der Waals surface area contributed by atoms with Crippen molar-refractivity contribution in [2.45, 2.75) is 46.6 Å². The van der Waals surface area contributed by atoms with Crippen LogP contribution in [0.2, 0.25) is 0 Å². The highest BCUT2D eigenvalue weighted by atomic mass is 32.2. The molecule has 0 rings (SSSR count). The molecule has 3 N–H and O–H groups in total. The summed E-state index contributed by atoms with van der Waals surface area (Å²) >= 11 is 0. The first kappa shape index (κ1) is 22.1. The molecular weight excluding hydrogens is 318 g/mol. The normalized spacial score (nSPS) is 13.9. The summed E-state index contributed by atoms with van der Waals surface area (Å²) in [4.78, 5) is 11.7. The van der Waals surface area contributed by atoms with E-state index in [0.29, 0.717) is 19.0 Å². The lowest BCUT2D eigenvalue weighted by molar-refractivity contribution is 0.0515. The van der Waals surface area contributed by atoms with Crippen LogP contribution in [-0.2, 0) is 14.8 Å². The van der Waals surface area contributed by atoms with Crippen molar-refractivity contribution in [2.75, 3.05) is 32.4 Å². The first-order chi connectivity index (χ1) is 10.4. The van der Waals surface area contributed by atoms with Crippen molar-refractivity contribution in [2.24, 2.45) is 11.8 Å². The molecule has 0 aliphatic carbocycles. The summed E-state index contributed by atoms with van der Waals surface area (Å²) in [5.41, 5.74) is -0.498. The van der Waals surface area contributed by atoms with Gasteiger partial charge < -0.3 is 15.4 Å². The van der Waals surface area contributed by atoms with Gasteiger partial charge in [0.1, 0.15) is 5.60 Å². The van der Waals surface area contributed by atoms with Gasteiger partial charge in [0.25, 0.3) is 0 Å². The standard InChI is InChI=1S/C15H33N3O4S/c1-12(2)13(11-17-14(19)22-15(3,4)5)10-16-8-7-9-18-23(6,20)21/h12-13,16,18H,7-11H2,1-6H3,(H,17,19). The molecule has 0 aromatic rings. The Hall–Kier alpha value is -0.860. The lowest BCUT2D eigenvalue weighted by atomic mass is 9.96. The number of carbonyl (C=O) groups is 1. The summed E-state index contributed by atoms with van der Waals surface area (Å²) < 4.78 is 29.5. The summed E-state index contributed by atoms with van der Waals surface area (Å²) in [5.74, 6) is 0.692. The van der Waals surface area contributed by atoms with E-state index >= 15 is 0 Å². The van der Waals surface area contributed by atoms with E-state index in [1.165, 1.54) is 0 Å². The molecule has 0 aromatic heterocycles. The van der Waals surface area contributed by atoms with Gasteiger partial charge in [0.05, 0.1) is 6.26 Å². The minimum absolute atomic E-state index is 0.283. The van der Waals surface area contributed by atoms with Crippen molar-refractivity contribution in [3.8, 4) is 0 Å². The van der Waals surface area contributed by atoms with Crippen LogP contribution in [0.15, 0.2) is 0 Å². The number of hydrogen-bond acceptors (Lipinski definition) is 5. The van der Waals surface area contributed by atoms with Gasteiger partial charge in [0, 0.05) is 13.1 Å². The van der Waals surface area contributed by atoms with Crippen molar-refractivity contribution in [3.05, 3.63) is 0 Å². The van der Waals surface area contributed by atoms with Gasteiger partial charge in [-0.2, -0.15) is 0 Å². The summed E-state index contributed by atoms with van der Waals surface area (Å²) in [6, 6.07) is 0. The van der Waals surface area contributed by atoms with E-state index in [-0.39, 0.29) is 5.92 Å². The van der Waals surface area contributed by atoms with Crippen molar-refractivity contribution in [1.29, 1.82) is 0 Å². The number of hydrogen-bond donors (Lipinski definition) is 3. The van der Waals surface area contributed by atoms with Gasteiger partial charge in [-0.1, -0.05) is 13.8 Å². The average Bonchev–Trinajstić information content (AvgIpc) is 2.32. The van der Waals surface area contributed by atoms with Crippen LogP contribution in [0.4, 0.5) is 4.79 Å². The van der Waals surface area contributed by atoms with Crippen molar-refractivity contribution >= 4 is 16.1 Å². The molecule has 0 saturated carbocycles. The minimum Gasteiger partial charge on any atom is -0.444 e. The molecule has 0 radical (unpaired) electrons. The number of rotatable bonds is 10. The zero-order chi connectivity index (χ0) is 18.1. The second-order valence-corrected chi connectivity index (χ2v) is 8.94. The van der Waals surface area contributed by atoms with Crippen LogP contribution in [-0.4, -0.2) is 52.5 Å². The fourth-order valence-electron chi connectivity index (χ4n) is 1.83. The van der Waals surface area contributed by atoms with E-state index in [0.717, 1.165) is 25.8 Å². The van der Waals surface area contributed by atoms with Gasteiger partial charge in [-0.3, -0.25) is 0 Å². The van der Waals surface area contributed by atoms with Crippen LogP contribution in [0, 0.1) is 11.8 Å². The van der Waals surface area contributed by atoms with E-state index in [4.69, 9.17) is 4.74 Å². The Bertz CT molecular complexity index is 444. The largest absolute Gasteiger partial charge is 0.444 e. The molecule has 0 aliphatic rings. The number of sulfonamides is 1. The molecule has 138 valence electrons. The third-order valence-electron chi connectivity index (χ3n) is 3.15. The molecule has 0 aromatic carbocycles. The van der Waals surface area contributed by atoms with Crippen LogP contribution < -0.4 is 15.4 Å². The fraction of sp³-hybridized carbons (Fsp3) is 0.933. The van der Waals surface area contributed by atoms with Crippen molar-refractivity contribution in [1.82, 2.24) is 15.4 Å². The molecule has 1 atom stereocenters. The Labute approximate surface area is 141 Å². The molecule has 0 fully saturated rings. The minimum atomic E-state index is -3.11. The SMILES string of the molecule is CC(C)C(CNCCCNS(C)(=O)=O)CNC(=O)OC(C)(C)C. The number of nitrogens with one attached hydrogen (secondary N) is 3. The topological polar surface area (TPSA) is 96.5 Å². The Morgan fingerprint density at radius 3 is 2.22 bits per heavy atom. The van der Waals surface area contributed by atoms with Crippen molar-refractivity contribution in [3.63, 3.8) is 0 Å². The second kappa shape index (κ2) is 10.1. The van der Waals surface area contributed by atoms with E-state index in [9.17, 15) is 13.2 Å². The van der Waals surface area contributed by atoms with Gasteiger partial charge in [-0.25, -0.2) is 17.9 Å². The molecule has 0 saturated heterocycles. The molecule has 0 spiro atoms. The van der Waals surface area contributed by atoms with Crippen LogP contribution >= 0.6 is 0 Å². The number of alkyl carbamates (subject to hydrolysis) is 1. The zero-order valence-corrected chi connectivity index (χ0v) is 16.0. The maximum Gasteiger partial charge on any atom is 0.407 e. The molecule has 0 heterocycles. The molecule has 7 nitrogen and oxygen atoms in total. The predicted molar refractivity (Wildman–Crippen MR) is 92.9 cm³/mol. The lowest BCUT2D eigenvalue weighted by Gasteiger charge is -2.24. The maximum absolute atomic E-state index is 11.7. The van der Waals surface area contributed by atoms with Gasteiger partial charge in [-0.15, -0.1) is 0 Å². The van der Waals surface area contributed by atoms with Gasteiger partial charge in [0.2, 0.25) is 10.0 Å². The molecule has 0 bridgehead atoms. The summed E-state index contributed by atoms with van der Waals surface area (Å²) in [7, 11) is -3.11. The van der Waals surface area contributed by atoms with E-state index in [2.05, 4.69) is 29.2 Å². The monoisotopic (exact) mass is 351 g/mol. The fourth-order valence-corrected chi connectivity index (χ4v) is 2.35. The van der Waals surface area contributed by atoms with Crippen molar-refractivity contribution < 1.29 is 17.9 Å². The molecule has 1 unspecified atom stereocenters. The van der Waals surface area contributed by atoms with Gasteiger partial charge >= 0.3 is 6.09 Å². The second-order valence-electron chi connectivity index (χ2n) is 7.11. The van der Waals surface area contributed by atoms with Gasteiger partial charge in [-0.05, 0) is 52.1 Å². The quantitative estimate of drug-likeness (QED) is 0.516. The van der Waals surface area contributed by atoms with Crippen LogP contribution in [0.5, 0.6) is 0 Å². The first-order valence-corrected chi connectivity index (χ1v) is 9.92. The van der Waals surface area contributed by atoms with E-state index < -0.39 is 21.7 Å². The van der Waals surface area contributed by atoms with Crippen LogP contribution in [0.1, 0.15) is 41.0 Å². The molecule has 0 aliphatic heterocycles. The molecular formula is C15H33N3O4S. The van der Waals surface area contributed by atoms with Crippen LogP contribution in [0.25, 0.3) is 0 Å². The first-order valence-electron chi connectivity index (χ1n) is 8.03. The maximum atomic E-state index is 11.7. The Morgan fingerprint density at radius 2 is 1.74 bits per heavy atom. The van der Waals surface area contributed by atoms with Gasteiger partial charge in [0.15, 0.2) is 0 Å². The van der Waals surface area contributed by atoms with Crippen LogP contribution in [0.3, 0.4) is 0 Å². The number of ether oxygens (including phenoxy) is 1. The predicted octanol–water partition coefficient (Wildman–Crippen LogP) is 1.31. The Morgan fingerprint density at radius 1 is 1.13 bits per heavy atom. The molecule has 8 heteroatoms. The number of carbonyl (C=O) groups excluding carboxylic acids is 1. The smallest absolute Gasteiger partial charge is 0.407 e. The summed E-state index contributed by atoms with van der Waals surface area (Å²) in [6.45, 7) is 12.2. The Balaban J connectivity index is 3.97. The number of amides is 1. The average molecular weight is 352 g/mol. The zero-order valence-electron chi connectivity index (χ0n) is 15.2. The van der Waals surface area contributed by atoms with E-state index in [1.54, 1.807) is 0 Å². The highest BCUT2D eigenvalue weighted by molar-refractivity contribution is 7.88. The Kier molecular flexibility index (Phi) is 9.72. The molecule has 1 amide bonds. The third kappa shape index (κ3) is 14.5. The highest BCUT2D eigenvalue weighted by Crippen LogP contribution is 2.10. The van der Waals surface area contributed by atoms with E-state index in [1.807, 2.05) is 20.8 Å². The molecule has 23 heavy (non-hydrogen) atoms. The lowest BCUT2D eigenvalue weighted by Crippen LogP contribution is -2.40. The summed E-state index contributed by atoms with van der Waals surface area (Å²) in [5, 5.41) is 6.10. The summed E-state index contributed by atoms with van der Waals surface area (Å²) in [6.07, 6.45) is 1.47. The third-order valence-corrected chi connectivity index (χ3v) is 3.88.